The summed E-state index contributed by atoms with van der Waals surface area (Å²) in [6.07, 6.45) is 5.48. The zero-order valence-corrected chi connectivity index (χ0v) is 14.8. The molecule has 122 valence electrons. The predicted octanol–water partition coefficient (Wildman–Crippen LogP) is 5.26. The van der Waals surface area contributed by atoms with Crippen molar-refractivity contribution in [3.05, 3.63) is 64.3 Å². The zero-order valence-electron chi connectivity index (χ0n) is 13.2. The molecule has 0 fully saturated rings. The number of pyridine rings is 1. The number of thiazole rings is 1. The number of hydrogen-bond acceptors (Lipinski definition) is 5. The molecular weight excluding hydrogens is 340 g/mol. The van der Waals surface area contributed by atoms with E-state index >= 15 is 0 Å². The SMILES string of the molecule is CCCc1sc(N/N=C\c2ccccn2)nc1-c1ccc(Cl)cc1. The Kier molecular flexibility index (Phi) is 5.56. The maximum atomic E-state index is 5.98. The Morgan fingerprint density at radius 3 is 2.75 bits per heavy atom. The number of anilines is 1. The van der Waals surface area contributed by atoms with Crippen LogP contribution in [0.3, 0.4) is 0 Å². The van der Waals surface area contributed by atoms with Crippen molar-refractivity contribution in [3.8, 4) is 11.3 Å². The van der Waals surface area contributed by atoms with Crippen LogP contribution in [0.25, 0.3) is 11.3 Å². The van der Waals surface area contributed by atoms with Crippen molar-refractivity contribution in [2.75, 3.05) is 5.43 Å². The molecule has 1 aromatic carbocycles. The molecule has 0 saturated carbocycles. The van der Waals surface area contributed by atoms with E-state index in [1.807, 2.05) is 42.5 Å². The second-order valence-electron chi connectivity index (χ2n) is 5.17. The Hall–Kier alpha value is -2.24. The van der Waals surface area contributed by atoms with Crippen molar-refractivity contribution >= 4 is 34.3 Å². The molecule has 1 N–H and O–H groups in total. The number of hydrazone groups is 1. The Balaban J connectivity index is 1.80. The quantitative estimate of drug-likeness (QED) is 0.484. The largest absolute Gasteiger partial charge is 0.255 e. The van der Waals surface area contributed by atoms with Crippen molar-refractivity contribution in [3.63, 3.8) is 0 Å². The van der Waals surface area contributed by atoms with Crippen LogP contribution in [0.1, 0.15) is 23.9 Å². The number of rotatable bonds is 6. The number of hydrogen-bond donors (Lipinski definition) is 1. The molecule has 6 heteroatoms. The molecule has 24 heavy (non-hydrogen) atoms. The highest BCUT2D eigenvalue weighted by atomic mass is 35.5. The van der Waals surface area contributed by atoms with Gasteiger partial charge in [0, 0.05) is 21.7 Å². The summed E-state index contributed by atoms with van der Waals surface area (Å²) in [5.74, 6) is 0. The maximum Gasteiger partial charge on any atom is 0.204 e. The van der Waals surface area contributed by atoms with Gasteiger partial charge in [0.15, 0.2) is 0 Å². The van der Waals surface area contributed by atoms with E-state index in [4.69, 9.17) is 16.6 Å². The van der Waals surface area contributed by atoms with E-state index in [1.165, 1.54) is 4.88 Å². The highest BCUT2D eigenvalue weighted by molar-refractivity contribution is 7.16. The molecule has 0 radical (unpaired) electrons. The van der Waals surface area contributed by atoms with Crippen LogP contribution in [0.5, 0.6) is 0 Å². The summed E-state index contributed by atoms with van der Waals surface area (Å²) in [6.45, 7) is 2.16. The van der Waals surface area contributed by atoms with Gasteiger partial charge in [-0.15, -0.1) is 0 Å². The summed E-state index contributed by atoms with van der Waals surface area (Å²) >= 11 is 7.61. The van der Waals surface area contributed by atoms with Gasteiger partial charge in [-0.05, 0) is 30.7 Å². The van der Waals surface area contributed by atoms with Crippen LogP contribution in [0.2, 0.25) is 5.02 Å². The van der Waals surface area contributed by atoms with Crippen molar-refractivity contribution in [1.29, 1.82) is 0 Å². The fourth-order valence-electron chi connectivity index (χ4n) is 2.24. The molecule has 2 aromatic heterocycles. The first-order chi connectivity index (χ1) is 11.8. The van der Waals surface area contributed by atoms with Gasteiger partial charge in [0.05, 0.1) is 17.6 Å². The van der Waals surface area contributed by atoms with Gasteiger partial charge in [-0.2, -0.15) is 5.10 Å². The molecular formula is C18H17ClN4S. The first-order valence-corrected chi connectivity index (χ1v) is 8.91. The number of benzene rings is 1. The van der Waals surface area contributed by atoms with Crippen LogP contribution in [0.4, 0.5) is 5.13 Å². The number of aryl methyl sites for hydroxylation is 1. The lowest BCUT2D eigenvalue weighted by Crippen LogP contribution is -1.91. The molecule has 3 rings (SSSR count). The van der Waals surface area contributed by atoms with Crippen molar-refractivity contribution < 1.29 is 0 Å². The molecule has 0 aliphatic carbocycles. The Morgan fingerprint density at radius 1 is 1.21 bits per heavy atom. The zero-order chi connectivity index (χ0) is 16.8. The van der Waals surface area contributed by atoms with Gasteiger partial charge in [0.25, 0.3) is 0 Å². The van der Waals surface area contributed by atoms with E-state index in [-0.39, 0.29) is 0 Å². The average Bonchev–Trinajstić information content (AvgIpc) is 3.00. The molecule has 0 aliphatic rings. The summed E-state index contributed by atoms with van der Waals surface area (Å²) in [5, 5.41) is 5.72. The number of nitrogens with one attached hydrogen (secondary N) is 1. The van der Waals surface area contributed by atoms with Crippen molar-refractivity contribution in [2.24, 2.45) is 5.10 Å². The minimum Gasteiger partial charge on any atom is -0.255 e. The van der Waals surface area contributed by atoms with E-state index < -0.39 is 0 Å². The van der Waals surface area contributed by atoms with Crippen molar-refractivity contribution in [2.45, 2.75) is 19.8 Å². The van der Waals surface area contributed by atoms with Gasteiger partial charge >= 0.3 is 0 Å². The summed E-state index contributed by atoms with van der Waals surface area (Å²) in [5.41, 5.74) is 5.87. The molecule has 2 heterocycles. The molecule has 0 spiro atoms. The van der Waals surface area contributed by atoms with E-state index in [0.717, 1.165) is 39.9 Å². The van der Waals surface area contributed by atoms with E-state index in [2.05, 4.69) is 22.4 Å². The van der Waals surface area contributed by atoms with Crippen molar-refractivity contribution in [1.82, 2.24) is 9.97 Å². The average molecular weight is 357 g/mol. The van der Waals surface area contributed by atoms with Crippen LogP contribution in [0.15, 0.2) is 53.8 Å². The Morgan fingerprint density at radius 2 is 2.04 bits per heavy atom. The minimum absolute atomic E-state index is 0.726. The normalized spacial score (nSPS) is 11.1. The van der Waals surface area contributed by atoms with Gasteiger partial charge in [-0.3, -0.25) is 10.4 Å². The first-order valence-electron chi connectivity index (χ1n) is 7.72. The number of aromatic nitrogens is 2. The lowest BCUT2D eigenvalue weighted by atomic mass is 10.1. The topological polar surface area (TPSA) is 50.2 Å². The first kappa shape index (κ1) is 16.6. The molecule has 4 nitrogen and oxygen atoms in total. The summed E-state index contributed by atoms with van der Waals surface area (Å²) in [6, 6.07) is 13.5. The summed E-state index contributed by atoms with van der Waals surface area (Å²) < 4.78 is 0. The molecule has 3 aromatic rings. The third-order valence-corrected chi connectivity index (χ3v) is 4.61. The highest BCUT2D eigenvalue weighted by Crippen LogP contribution is 2.32. The highest BCUT2D eigenvalue weighted by Gasteiger charge is 2.12. The van der Waals surface area contributed by atoms with Gasteiger partial charge in [-0.25, -0.2) is 4.98 Å². The fourth-order valence-corrected chi connectivity index (χ4v) is 3.40. The standard InChI is InChI=1S/C18H17ClN4S/c1-2-5-16-17(13-7-9-14(19)10-8-13)22-18(24-16)23-21-12-15-6-3-4-11-20-15/h3-4,6-12H,2,5H2,1H3,(H,22,23)/b21-12-. The van der Waals surface area contributed by atoms with E-state index in [1.54, 1.807) is 23.7 Å². The predicted molar refractivity (Wildman–Crippen MR) is 102 cm³/mol. The molecule has 0 saturated heterocycles. The lowest BCUT2D eigenvalue weighted by Gasteiger charge is -2.01. The van der Waals surface area contributed by atoms with E-state index in [9.17, 15) is 0 Å². The van der Waals surface area contributed by atoms with Crippen LogP contribution >= 0.6 is 22.9 Å². The smallest absolute Gasteiger partial charge is 0.204 e. The Labute approximate surface area is 150 Å². The van der Waals surface area contributed by atoms with Gasteiger partial charge in [0.2, 0.25) is 5.13 Å². The molecule has 0 unspecified atom stereocenters. The second kappa shape index (κ2) is 8.04. The van der Waals surface area contributed by atoms with Gasteiger partial charge in [0.1, 0.15) is 0 Å². The maximum absolute atomic E-state index is 5.98. The fraction of sp³-hybridized carbons (Fsp3) is 0.167. The molecule has 0 amide bonds. The van der Waals surface area contributed by atoms with Crippen LogP contribution < -0.4 is 5.43 Å². The second-order valence-corrected chi connectivity index (χ2v) is 6.69. The van der Waals surface area contributed by atoms with Crippen LogP contribution in [-0.2, 0) is 6.42 Å². The monoisotopic (exact) mass is 356 g/mol. The van der Waals surface area contributed by atoms with Crippen LogP contribution in [0, 0.1) is 0 Å². The summed E-state index contributed by atoms with van der Waals surface area (Å²) in [7, 11) is 0. The Bertz CT molecular complexity index is 813. The molecule has 0 atom stereocenters. The lowest BCUT2D eigenvalue weighted by molar-refractivity contribution is 0.938. The molecule has 0 bridgehead atoms. The minimum atomic E-state index is 0.726. The van der Waals surface area contributed by atoms with Gasteiger partial charge < -0.3 is 0 Å². The van der Waals surface area contributed by atoms with Crippen LogP contribution in [-0.4, -0.2) is 16.2 Å². The summed E-state index contributed by atoms with van der Waals surface area (Å²) in [4.78, 5) is 10.1. The van der Waals surface area contributed by atoms with Gasteiger partial charge in [-0.1, -0.05) is 54.5 Å². The third-order valence-electron chi connectivity index (χ3n) is 3.34. The third kappa shape index (κ3) is 4.19. The number of halogens is 1. The van der Waals surface area contributed by atoms with E-state index in [0.29, 0.717) is 0 Å². The molecule has 0 aliphatic heterocycles. The number of nitrogens with zero attached hydrogens (tertiary/aromatic N) is 3.